The molecule has 2 amide bonds. The number of sulfonamides is 1. The highest BCUT2D eigenvalue weighted by Gasteiger charge is 2.34. The van der Waals surface area contributed by atoms with E-state index >= 15 is 0 Å². The molecule has 1 saturated carbocycles. The van der Waals surface area contributed by atoms with E-state index < -0.39 is 28.5 Å². The number of nitrogens with zero attached hydrogens (tertiary/aromatic N) is 2. The number of benzene rings is 3. The zero-order valence-electron chi connectivity index (χ0n) is 24.9. The van der Waals surface area contributed by atoms with Crippen LogP contribution >= 0.6 is 34.8 Å². The van der Waals surface area contributed by atoms with Crippen molar-refractivity contribution in [2.75, 3.05) is 18.0 Å². The number of hydrogen-bond donors (Lipinski definition) is 1. The van der Waals surface area contributed by atoms with E-state index in [0.717, 1.165) is 42.0 Å². The maximum absolute atomic E-state index is 14.2. The molecule has 1 atom stereocenters. The summed E-state index contributed by atoms with van der Waals surface area (Å²) in [7, 11) is -2.81. The second-order valence-electron chi connectivity index (χ2n) is 10.9. The Balaban J connectivity index is 1.73. The van der Waals surface area contributed by atoms with E-state index in [1.54, 1.807) is 37.3 Å². The Labute approximate surface area is 274 Å². The van der Waals surface area contributed by atoms with Crippen molar-refractivity contribution in [1.29, 1.82) is 0 Å². The van der Waals surface area contributed by atoms with Crippen molar-refractivity contribution >= 4 is 62.3 Å². The lowest BCUT2D eigenvalue weighted by atomic mass is 9.95. The van der Waals surface area contributed by atoms with Crippen molar-refractivity contribution in [3.05, 3.63) is 86.9 Å². The van der Waals surface area contributed by atoms with Crippen LogP contribution in [-0.2, 0) is 26.2 Å². The minimum atomic E-state index is -4.26. The molecule has 0 unspecified atom stereocenters. The van der Waals surface area contributed by atoms with Gasteiger partial charge in [0.05, 0.1) is 22.7 Å². The zero-order chi connectivity index (χ0) is 32.0. The van der Waals surface area contributed by atoms with Crippen molar-refractivity contribution < 1.29 is 22.7 Å². The number of carbonyl (C=O) groups excluding carboxylic acids is 2. The first-order valence-corrected chi connectivity index (χ1v) is 17.0. The summed E-state index contributed by atoms with van der Waals surface area (Å²) >= 11 is 19.3. The number of amides is 2. The first kappa shape index (κ1) is 33.9. The van der Waals surface area contributed by atoms with E-state index in [1.807, 2.05) is 6.92 Å². The van der Waals surface area contributed by atoms with Crippen molar-refractivity contribution in [2.24, 2.45) is 0 Å². The van der Waals surface area contributed by atoms with Crippen molar-refractivity contribution in [2.45, 2.75) is 69.5 Å². The summed E-state index contributed by atoms with van der Waals surface area (Å²) in [5, 5.41) is 3.88. The highest BCUT2D eigenvalue weighted by Crippen LogP contribution is 2.33. The summed E-state index contributed by atoms with van der Waals surface area (Å²) in [5.41, 5.74) is 1.47. The van der Waals surface area contributed by atoms with Gasteiger partial charge in [0.1, 0.15) is 18.3 Å². The second kappa shape index (κ2) is 14.9. The molecule has 0 aliphatic heterocycles. The summed E-state index contributed by atoms with van der Waals surface area (Å²) in [5.74, 6) is -0.624. The van der Waals surface area contributed by atoms with Gasteiger partial charge < -0.3 is 15.0 Å². The van der Waals surface area contributed by atoms with E-state index in [4.69, 9.17) is 39.5 Å². The van der Waals surface area contributed by atoms with Gasteiger partial charge in [0.2, 0.25) is 11.8 Å². The number of hydrogen-bond acceptors (Lipinski definition) is 5. The van der Waals surface area contributed by atoms with E-state index in [2.05, 4.69) is 5.32 Å². The number of rotatable bonds is 11. The molecule has 0 bridgehead atoms. The average molecular weight is 681 g/mol. The molecule has 1 aliphatic carbocycles. The van der Waals surface area contributed by atoms with Crippen LogP contribution in [0.25, 0.3) is 0 Å². The molecule has 44 heavy (non-hydrogen) atoms. The van der Waals surface area contributed by atoms with E-state index in [1.165, 1.54) is 42.3 Å². The fourth-order valence-electron chi connectivity index (χ4n) is 5.18. The van der Waals surface area contributed by atoms with Gasteiger partial charge in [0.25, 0.3) is 10.0 Å². The van der Waals surface area contributed by atoms with Gasteiger partial charge in [-0.25, -0.2) is 8.42 Å². The molecule has 0 radical (unpaired) electrons. The predicted octanol–water partition coefficient (Wildman–Crippen LogP) is 7.03. The fourth-order valence-corrected chi connectivity index (χ4v) is 7.36. The minimum absolute atomic E-state index is 0.00775. The Hall–Kier alpha value is -2.98. The van der Waals surface area contributed by atoms with Crippen molar-refractivity contribution in [3.8, 4) is 5.75 Å². The van der Waals surface area contributed by atoms with Crippen molar-refractivity contribution in [1.82, 2.24) is 10.2 Å². The molecule has 236 valence electrons. The highest BCUT2D eigenvalue weighted by molar-refractivity contribution is 7.92. The summed E-state index contributed by atoms with van der Waals surface area (Å²) in [6, 6.07) is 14.8. The number of halogens is 3. The second-order valence-corrected chi connectivity index (χ2v) is 14.0. The summed E-state index contributed by atoms with van der Waals surface area (Å²) in [6.07, 6.45) is 4.90. The Morgan fingerprint density at radius 2 is 1.59 bits per heavy atom. The van der Waals surface area contributed by atoms with Crippen LogP contribution in [0.4, 0.5) is 5.69 Å². The molecule has 3 aromatic carbocycles. The SMILES string of the molecule is COc1ccc(N(CC(=O)N(Cc2c(Cl)cccc2Cl)[C@H](C)C(=O)NC2CCCCC2)S(=O)(=O)c2ccc(C)cc2)cc1Cl. The number of ether oxygens (including phenoxy) is 1. The highest BCUT2D eigenvalue weighted by atomic mass is 35.5. The molecule has 12 heteroatoms. The topological polar surface area (TPSA) is 96.0 Å². The van der Waals surface area contributed by atoms with E-state index in [0.29, 0.717) is 21.4 Å². The molecule has 0 spiro atoms. The zero-order valence-corrected chi connectivity index (χ0v) is 27.9. The fraction of sp³-hybridized carbons (Fsp3) is 0.375. The molecular weight excluding hydrogens is 645 g/mol. The maximum atomic E-state index is 14.2. The van der Waals surface area contributed by atoms with Crippen molar-refractivity contribution in [3.63, 3.8) is 0 Å². The first-order chi connectivity index (χ1) is 20.9. The molecule has 4 rings (SSSR count). The summed E-state index contributed by atoms with van der Waals surface area (Å²) in [6.45, 7) is 2.72. The molecule has 1 N–H and O–H groups in total. The summed E-state index contributed by atoms with van der Waals surface area (Å²) in [4.78, 5) is 29.0. The van der Waals surface area contributed by atoms with Gasteiger partial charge in [0.15, 0.2) is 0 Å². The van der Waals surface area contributed by atoms with Crippen LogP contribution in [-0.4, -0.2) is 50.9 Å². The first-order valence-electron chi connectivity index (χ1n) is 14.4. The largest absolute Gasteiger partial charge is 0.495 e. The third kappa shape index (κ3) is 7.99. The Kier molecular flexibility index (Phi) is 11.5. The van der Waals surface area contributed by atoms with Gasteiger partial charge in [0, 0.05) is 28.2 Å². The van der Waals surface area contributed by atoms with Gasteiger partial charge in [-0.15, -0.1) is 0 Å². The number of nitrogens with one attached hydrogen (secondary N) is 1. The van der Waals surface area contributed by atoms with Gasteiger partial charge >= 0.3 is 0 Å². The van der Waals surface area contributed by atoms with Gasteiger partial charge in [-0.2, -0.15) is 0 Å². The smallest absolute Gasteiger partial charge is 0.264 e. The molecule has 3 aromatic rings. The Morgan fingerprint density at radius 3 is 2.18 bits per heavy atom. The van der Waals surface area contributed by atoms with E-state index in [-0.39, 0.29) is 34.1 Å². The molecule has 1 fully saturated rings. The van der Waals surface area contributed by atoms with Gasteiger partial charge in [-0.3, -0.25) is 13.9 Å². The Morgan fingerprint density at radius 1 is 0.955 bits per heavy atom. The molecule has 8 nitrogen and oxygen atoms in total. The normalized spacial score (nSPS) is 14.5. The predicted molar refractivity (Wildman–Crippen MR) is 175 cm³/mol. The maximum Gasteiger partial charge on any atom is 0.264 e. The molecule has 0 saturated heterocycles. The Bertz CT molecular complexity index is 1570. The molecule has 1 aliphatic rings. The molecular formula is C32H36Cl3N3O5S. The molecule has 0 heterocycles. The van der Waals surface area contributed by atoms with Gasteiger partial charge in [-0.1, -0.05) is 77.8 Å². The number of aryl methyl sites for hydroxylation is 1. The lowest BCUT2D eigenvalue weighted by molar-refractivity contribution is -0.139. The lowest BCUT2D eigenvalue weighted by Gasteiger charge is -2.33. The minimum Gasteiger partial charge on any atom is -0.495 e. The third-order valence-corrected chi connectivity index (χ3v) is 10.6. The monoisotopic (exact) mass is 679 g/mol. The number of carbonyl (C=O) groups is 2. The average Bonchev–Trinajstić information content (AvgIpc) is 3.00. The van der Waals surface area contributed by atoms with Crippen LogP contribution in [0.1, 0.15) is 50.2 Å². The van der Waals surface area contributed by atoms with Crippen LogP contribution in [0, 0.1) is 6.92 Å². The van der Waals surface area contributed by atoms with Crippen LogP contribution in [0.5, 0.6) is 5.75 Å². The quantitative estimate of drug-likeness (QED) is 0.235. The third-order valence-electron chi connectivity index (χ3n) is 7.82. The van der Waals surface area contributed by atoms with Crippen LogP contribution in [0.2, 0.25) is 15.1 Å². The number of anilines is 1. The lowest BCUT2D eigenvalue weighted by Crippen LogP contribution is -2.53. The summed E-state index contributed by atoms with van der Waals surface area (Å²) < 4.78 is 34.4. The van der Waals surface area contributed by atoms with E-state index in [9.17, 15) is 18.0 Å². The van der Waals surface area contributed by atoms with Crippen LogP contribution in [0.15, 0.2) is 65.6 Å². The molecule has 0 aromatic heterocycles. The standard InChI is InChI=1S/C32H36Cl3N3O5S/c1-21-12-15-25(16-13-21)44(41,42)38(24-14-17-30(43-3)29(35)18-24)20-31(39)37(19-26-27(33)10-7-11-28(26)34)22(2)32(40)36-23-8-5-4-6-9-23/h7,10-18,22-23H,4-6,8-9,19-20H2,1-3H3,(H,36,40)/t22-/m1/s1. The van der Waals surface area contributed by atoms with Crippen LogP contribution in [0.3, 0.4) is 0 Å². The number of methoxy groups -OCH3 is 1. The van der Waals surface area contributed by atoms with Crippen LogP contribution < -0.4 is 14.4 Å². The van der Waals surface area contributed by atoms with Gasteiger partial charge in [-0.05, 0) is 69.2 Å².